The van der Waals surface area contributed by atoms with Crippen LogP contribution in [0.2, 0.25) is 0 Å². The van der Waals surface area contributed by atoms with E-state index in [4.69, 9.17) is 11.5 Å². The van der Waals surface area contributed by atoms with E-state index in [1.165, 1.54) is 10.6 Å². The Balaban J connectivity index is 1.43. The van der Waals surface area contributed by atoms with E-state index in [9.17, 15) is 22.8 Å². The predicted octanol–water partition coefficient (Wildman–Crippen LogP) is 2.99. The molecule has 4 aromatic rings. The number of carbonyl (C=O) groups excluding carboxylic acids is 2. The van der Waals surface area contributed by atoms with Crippen molar-refractivity contribution in [1.82, 2.24) is 24.8 Å². The summed E-state index contributed by atoms with van der Waals surface area (Å²) >= 11 is 3.24. The van der Waals surface area contributed by atoms with Crippen molar-refractivity contribution in [2.45, 2.75) is 24.8 Å². The predicted molar refractivity (Wildman–Crippen MR) is 133 cm³/mol. The molecule has 6 N–H and O–H groups in total. The van der Waals surface area contributed by atoms with Crippen molar-refractivity contribution in [3.8, 4) is 0 Å². The fourth-order valence-electron chi connectivity index (χ4n) is 4.56. The average Bonchev–Trinajstić information content (AvgIpc) is 3.46. The summed E-state index contributed by atoms with van der Waals surface area (Å²) in [6, 6.07) is 7.50. The molecule has 0 unspecified atom stereocenters. The Morgan fingerprint density at radius 2 is 2.00 bits per heavy atom. The van der Waals surface area contributed by atoms with Crippen LogP contribution in [0, 0.1) is 5.92 Å². The molecule has 10 nitrogen and oxygen atoms in total. The molecule has 1 fully saturated rings. The zero-order chi connectivity index (χ0) is 26.5. The van der Waals surface area contributed by atoms with E-state index < -0.39 is 35.6 Å². The number of nitrogen functional groups attached to an aromatic ring is 1. The molecule has 0 aliphatic carbocycles. The molecule has 1 saturated heterocycles. The highest BCUT2D eigenvalue weighted by molar-refractivity contribution is 9.10. The van der Waals surface area contributed by atoms with Crippen LogP contribution in [0.15, 0.2) is 47.3 Å². The highest BCUT2D eigenvalue weighted by Crippen LogP contribution is 2.38. The Morgan fingerprint density at radius 1 is 1.22 bits per heavy atom. The first-order chi connectivity index (χ1) is 17.5. The first kappa shape index (κ1) is 25.0. The number of nitrogens with two attached hydrogens (primary N) is 2. The summed E-state index contributed by atoms with van der Waals surface area (Å²) in [5, 5.41) is 6.03. The zero-order valence-corrected chi connectivity index (χ0v) is 20.5. The van der Waals surface area contributed by atoms with Crippen LogP contribution in [0.4, 0.5) is 24.8 Å². The van der Waals surface area contributed by atoms with Crippen molar-refractivity contribution in [2.75, 3.05) is 17.6 Å². The topological polar surface area (TPSA) is 154 Å². The summed E-state index contributed by atoms with van der Waals surface area (Å²) in [7, 11) is 0. The van der Waals surface area contributed by atoms with Gasteiger partial charge in [0.2, 0.25) is 5.91 Å². The Hall–Kier alpha value is -3.62. The molecule has 1 aromatic carbocycles. The number of fused-ring (bicyclic) bond motifs is 3. The second-order valence-corrected chi connectivity index (χ2v) is 9.45. The van der Waals surface area contributed by atoms with Crippen LogP contribution in [-0.4, -0.2) is 43.8 Å². The number of amides is 1. The summed E-state index contributed by atoms with van der Waals surface area (Å²) in [5.74, 6) is -1.06. The van der Waals surface area contributed by atoms with Gasteiger partial charge in [-0.25, -0.2) is 15.0 Å². The molecule has 0 saturated carbocycles. The molecule has 3 atom stereocenters. The van der Waals surface area contributed by atoms with E-state index >= 15 is 0 Å². The van der Waals surface area contributed by atoms with Gasteiger partial charge in [0.1, 0.15) is 34.4 Å². The van der Waals surface area contributed by atoms with Gasteiger partial charge in [-0.15, -0.1) is 0 Å². The lowest BCUT2D eigenvalue weighted by Gasteiger charge is -2.18. The second-order valence-electron chi connectivity index (χ2n) is 8.63. The SMILES string of the molecule is Nc1ncnc2c1c1cc(C(F)(F)F)ccc1n2[C@H](N)C(=O)[C@H]1CN[C@H](C(=O)Nc2cccc(Br)n2)C1. The third-order valence-electron chi connectivity index (χ3n) is 6.32. The number of hydrogen-bond donors (Lipinski definition) is 4. The highest BCUT2D eigenvalue weighted by Gasteiger charge is 2.38. The van der Waals surface area contributed by atoms with Gasteiger partial charge < -0.3 is 26.7 Å². The number of anilines is 2. The van der Waals surface area contributed by atoms with Crippen LogP contribution in [0.3, 0.4) is 0 Å². The summed E-state index contributed by atoms with van der Waals surface area (Å²) < 4.78 is 42.1. The smallest absolute Gasteiger partial charge is 0.383 e. The van der Waals surface area contributed by atoms with Gasteiger partial charge >= 0.3 is 6.18 Å². The fraction of sp³-hybridized carbons (Fsp3) is 0.261. The molecule has 0 spiro atoms. The molecule has 1 aliphatic rings. The molecule has 0 bridgehead atoms. The lowest BCUT2D eigenvalue weighted by atomic mass is 9.98. The van der Waals surface area contributed by atoms with Crippen molar-refractivity contribution < 1.29 is 22.8 Å². The molecule has 1 amide bonds. The van der Waals surface area contributed by atoms with E-state index in [1.807, 2.05) is 0 Å². The minimum Gasteiger partial charge on any atom is -0.383 e. The van der Waals surface area contributed by atoms with Crippen LogP contribution < -0.4 is 22.1 Å². The number of carbonyl (C=O) groups is 2. The normalized spacial score (nSPS) is 18.8. The van der Waals surface area contributed by atoms with Gasteiger partial charge in [-0.3, -0.25) is 9.59 Å². The van der Waals surface area contributed by atoms with Crippen molar-refractivity contribution in [3.63, 3.8) is 0 Å². The van der Waals surface area contributed by atoms with Crippen molar-refractivity contribution >= 4 is 61.2 Å². The number of aromatic nitrogens is 4. The number of ketones is 1. The standard InChI is InChI=1S/C23H20BrF3N8O2/c24-15-2-1-3-16(33-15)34-22(37)13-6-10(8-30-13)18(36)20(29)35-14-5-4-11(23(25,26)27)7-12(14)17-19(28)31-9-32-21(17)35/h1-5,7,9-10,13,20,30H,6,8,29H2,(H2,28,31,32)(H,33,34,37)/t10-,13+,20+/m1/s1. The van der Waals surface area contributed by atoms with Crippen molar-refractivity contribution in [2.24, 2.45) is 11.7 Å². The lowest BCUT2D eigenvalue weighted by molar-refractivity contribution is -0.137. The Labute approximate surface area is 215 Å². The summed E-state index contributed by atoms with van der Waals surface area (Å²) in [6.07, 6.45) is -4.53. The largest absolute Gasteiger partial charge is 0.416 e. The molecule has 192 valence electrons. The monoisotopic (exact) mass is 576 g/mol. The summed E-state index contributed by atoms with van der Waals surface area (Å²) in [6.45, 7) is 0.197. The van der Waals surface area contributed by atoms with Gasteiger partial charge in [0.15, 0.2) is 5.78 Å². The van der Waals surface area contributed by atoms with Gasteiger partial charge in [0.05, 0.1) is 22.5 Å². The molecule has 4 heterocycles. The third-order valence-corrected chi connectivity index (χ3v) is 6.76. The maximum absolute atomic E-state index is 13.4. The Bertz CT molecular complexity index is 1540. The summed E-state index contributed by atoms with van der Waals surface area (Å²) in [5.41, 5.74) is 11.9. The van der Waals surface area contributed by atoms with Gasteiger partial charge in [0.25, 0.3) is 0 Å². The van der Waals surface area contributed by atoms with Gasteiger partial charge in [-0.2, -0.15) is 13.2 Å². The van der Waals surface area contributed by atoms with E-state index in [0.29, 0.717) is 10.4 Å². The Kier molecular flexibility index (Phi) is 6.33. The molecule has 0 radical (unpaired) electrons. The van der Waals surface area contributed by atoms with Gasteiger partial charge in [-0.05, 0) is 52.7 Å². The zero-order valence-electron chi connectivity index (χ0n) is 19.0. The minimum absolute atomic E-state index is 0.0341. The molecular weight excluding hydrogens is 557 g/mol. The van der Waals surface area contributed by atoms with Crippen molar-refractivity contribution in [1.29, 1.82) is 0 Å². The number of halogens is 4. The van der Waals surface area contributed by atoms with Crippen LogP contribution in [0.25, 0.3) is 21.9 Å². The lowest BCUT2D eigenvalue weighted by Crippen LogP contribution is -2.35. The van der Waals surface area contributed by atoms with E-state index in [2.05, 4.69) is 41.5 Å². The number of nitrogens with one attached hydrogen (secondary N) is 2. The summed E-state index contributed by atoms with van der Waals surface area (Å²) in [4.78, 5) is 38.3. The maximum atomic E-state index is 13.4. The number of pyridine rings is 1. The first-order valence-electron chi connectivity index (χ1n) is 11.1. The molecular formula is C23H20BrF3N8O2. The van der Waals surface area contributed by atoms with Crippen LogP contribution in [0.5, 0.6) is 0 Å². The fourth-order valence-corrected chi connectivity index (χ4v) is 4.90. The maximum Gasteiger partial charge on any atom is 0.416 e. The quantitative estimate of drug-likeness (QED) is 0.264. The number of benzene rings is 1. The highest BCUT2D eigenvalue weighted by atomic mass is 79.9. The number of hydrogen-bond acceptors (Lipinski definition) is 8. The minimum atomic E-state index is -4.58. The number of Topliss-reactive ketones (excluding diaryl/α,β-unsaturated/α-hetero) is 1. The van der Waals surface area contributed by atoms with E-state index in [-0.39, 0.29) is 46.6 Å². The van der Waals surface area contributed by atoms with E-state index in [0.717, 1.165) is 18.5 Å². The number of rotatable bonds is 5. The van der Waals surface area contributed by atoms with Gasteiger partial charge in [-0.1, -0.05) is 6.07 Å². The van der Waals surface area contributed by atoms with E-state index in [1.54, 1.807) is 18.2 Å². The number of nitrogens with zero attached hydrogens (tertiary/aromatic N) is 4. The first-order valence-corrected chi connectivity index (χ1v) is 11.9. The van der Waals surface area contributed by atoms with Crippen LogP contribution in [0.1, 0.15) is 18.2 Å². The third kappa shape index (κ3) is 4.63. The van der Waals surface area contributed by atoms with Gasteiger partial charge in [0, 0.05) is 17.8 Å². The molecule has 1 aliphatic heterocycles. The number of alkyl halides is 3. The van der Waals surface area contributed by atoms with Crippen LogP contribution >= 0.6 is 15.9 Å². The molecule has 5 rings (SSSR count). The molecule has 37 heavy (non-hydrogen) atoms. The Morgan fingerprint density at radius 3 is 2.73 bits per heavy atom. The molecule has 3 aromatic heterocycles. The molecule has 14 heteroatoms. The average molecular weight is 577 g/mol. The van der Waals surface area contributed by atoms with Crippen LogP contribution in [-0.2, 0) is 15.8 Å². The second kappa shape index (κ2) is 9.36. The van der Waals surface area contributed by atoms with Crippen molar-refractivity contribution in [3.05, 3.63) is 52.9 Å².